The van der Waals surface area contributed by atoms with E-state index >= 15 is 0 Å². The first-order valence-corrected chi connectivity index (χ1v) is 6.79. The van der Waals surface area contributed by atoms with Crippen LogP contribution in [-0.4, -0.2) is 46.7 Å². The maximum Gasteiger partial charge on any atom is 0.239 e. The van der Waals surface area contributed by atoms with Gasteiger partial charge in [0, 0.05) is 19.1 Å². The van der Waals surface area contributed by atoms with Crippen molar-refractivity contribution in [2.45, 2.75) is 63.6 Å². The van der Waals surface area contributed by atoms with Crippen LogP contribution >= 0.6 is 0 Å². The first-order valence-electron chi connectivity index (χ1n) is 6.79. The molecule has 1 aliphatic carbocycles. The highest BCUT2D eigenvalue weighted by molar-refractivity contribution is 5.82. The Labute approximate surface area is 103 Å². The summed E-state index contributed by atoms with van der Waals surface area (Å²) in [5, 5.41) is 13.5. The second kappa shape index (κ2) is 4.94. The number of amides is 1. The molecule has 0 bridgehead atoms. The zero-order valence-electron chi connectivity index (χ0n) is 10.9. The third-order valence-electron chi connectivity index (χ3n) is 3.84. The minimum atomic E-state index is -0.753. The van der Waals surface area contributed by atoms with Crippen LogP contribution in [0.15, 0.2) is 0 Å². The molecule has 1 aliphatic heterocycles. The third kappa shape index (κ3) is 3.42. The molecule has 1 amide bonds. The summed E-state index contributed by atoms with van der Waals surface area (Å²) in [6, 6.07) is 0.555. The number of likely N-dealkylation sites (tertiary alicyclic amines) is 1. The minimum absolute atomic E-state index is 0.0103. The standard InChI is InChI=1S/C13H24N2O2/c1-3-13(2,17)9-15-8-4-5-11(12(15)16)14-10-6-7-10/h10-11,14,17H,3-9H2,1-2H3. The van der Waals surface area contributed by atoms with Gasteiger partial charge in [-0.05, 0) is 39.0 Å². The number of rotatable bonds is 5. The summed E-state index contributed by atoms with van der Waals surface area (Å²) in [6.07, 6.45) is 5.07. The molecule has 4 nitrogen and oxygen atoms in total. The van der Waals surface area contributed by atoms with E-state index in [1.807, 2.05) is 11.8 Å². The number of hydrogen-bond donors (Lipinski definition) is 2. The van der Waals surface area contributed by atoms with E-state index < -0.39 is 5.60 Å². The monoisotopic (exact) mass is 240 g/mol. The second-order valence-electron chi connectivity index (χ2n) is 5.75. The van der Waals surface area contributed by atoms with Gasteiger partial charge in [-0.25, -0.2) is 0 Å². The van der Waals surface area contributed by atoms with Gasteiger partial charge in [0.2, 0.25) is 5.91 Å². The van der Waals surface area contributed by atoms with Gasteiger partial charge in [-0.1, -0.05) is 6.92 Å². The molecule has 4 heteroatoms. The third-order valence-corrected chi connectivity index (χ3v) is 3.84. The fourth-order valence-electron chi connectivity index (χ4n) is 2.31. The summed E-state index contributed by atoms with van der Waals surface area (Å²) >= 11 is 0. The molecular weight excluding hydrogens is 216 g/mol. The van der Waals surface area contributed by atoms with Crippen molar-refractivity contribution >= 4 is 5.91 Å². The predicted octanol–water partition coefficient (Wildman–Crippen LogP) is 0.890. The van der Waals surface area contributed by atoms with Crippen LogP contribution in [0.2, 0.25) is 0 Å². The fraction of sp³-hybridized carbons (Fsp3) is 0.923. The average molecular weight is 240 g/mol. The van der Waals surface area contributed by atoms with E-state index in [1.165, 1.54) is 12.8 Å². The average Bonchev–Trinajstić information content (AvgIpc) is 3.08. The van der Waals surface area contributed by atoms with Crippen molar-refractivity contribution < 1.29 is 9.90 Å². The molecule has 2 unspecified atom stereocenters. The number of β-amino-alcohol motifs (C(OH)–C–C–N with tert-alkyl or cyclic N) is 1. The normalized spacial score (nSPS) is 29.2. The van der Waals surface area contributed by atoms with Crippen molar-refractivity contribution in [3.05, 3.63) is 0 Å². The van der Waals surface area contributed by atoms with Crippen LogP contribution < -0.4 is 5.32 Å². The summed E-state index contributed by atoms with van der Waals surface area (Å²) in [6.45, 7) is 5.01. The number of piperidine rings is 1. The van der Waals surface area contributed by atoms with Crippen molar-refractivity contribution in [3.63, 3.8) is 0 Å². The van der Waals surface area contributed by atoms with E-state index in [1.54, 1.807) is 6.92 Å². The van der Waals surface area contributed by atoms with E-state index in [2.05, 4.69) is 5.32 Å². The van der Waals surface area contributed by atoms with Gasteiger partial charge in [-0.3, -0.25) is 4.79 Å². The molecule has 2 fully saturated rings. The van der Waals surface area contributed by atoms with Gasteiger partial charge in [0.25, 0.3) is 0 Å². The largest absolute Gasteiger partial charge is 0.388 e. The number of hydrogen-bond acceptors (Lipinski definition) is 3. The van der Waals surface area contributed by atoms with Crippen molar-refractivity contribution in [2.75, 3.05) is 13.1 Å². The Kier molecular flexibility index (Phi) is 3.73. The Morgan fingerprint density at radius 1 is 1.47 bits per heavy atom. The van der Waals surface area contributed by atoms with E-state index in [9.17, 15) is 9.90 Å². The molecule has 1 saturated carbocycles. The number of nitrogens with zero attached hydrogens (tertiary/aromatic N) is 1. The summed E-state index contributed by atoms with van der Waals surface area (Å²) in [5.41, 5.74) is -0.753. The molecule has 17 heavy (non-hydrogen) atoms. The SMILES string of the molecule is CCC(C)(O)CN1CCCC(NC2CC2)C1=O. The summed E-state index contributed by atoms with van der Waals surface area (Å²) < 4.78 is 0. The van der Waals surface area contributed by atoms with Crippen molar-refractivity contribution in [1.82, 2.24) is 10.2 Å². The van der Waals surface area contributed by atoms with E-state index in [-0.39, 0.29) is 11.9 Å². The van der Waals surface area contributed by atoms with Crippen LogP contribution in [0.25, 0.3) is 0 Å². The summed E-state index contributed by atoms with van der Waals surface area (Å²) in [4.78, 5) is 14.1. The van der Waals surface area contributed by atoms with E-state index in [0.29, 0.717) is 19.0 Å². The van der Waals surface area contributed by atoms with Gasteiger partial charge in [0.05, 0.1) is 11.6 Å². The topological polar surface area (TPSA) is 52.6 Å². The lowest BCUT2D eigenvalue weighted by molar-refractivity contribution is -0.139. The Morgan fingerprint density at radius 3 is 2.76 bits per heavy atom. The second-order valence-corrected chi connectivity index (χ2v) is 5.75. The molecule has 1 saturated heterocycles. The Bertz CT molecular complexity index is 287. The molecule has 0 aromatic carbocycles. The Morgan fingerprint density at radius 2 is 2.18 bits per heavy atom. The molecule has 2 N–H and O–H groups in total. The van der Waals surface area contributed by atoms with Crippen LogP contribution in [0.1, 0.15) is 46.0 Å². The Hall–Kier alpha value is -0.610. The molecule has 0 spiro atoms. The minimum Gasteiger partial charge on any atom is -0.388 e. The molecule has 0 aromatic rings. The van der Waals surface area contributed by atoms with Crippen LogP contribution in [0, 0.1) is 0 Å². The molecule has 0 aromatic heterocycles. The van der Waals surface area contributed by atoms with Gasteiger partial charge < -0.3 is 15.3 Å². The van der Waals surface area contributed by atoms with Crippen LogP contribution in [0.4, 0.5) is 0 Å². The number of carbonyl (C=O) groups is 1. The lowest BCUT2D eigenvalue weighted by Gasteiger charge is -2.37. The predicted molar refractivity (Wildman–Crippen MR) is 66.7 cm³/mol. The highest BCUT2D eigenvalue weighted by atomic mass is 16.3. The Balaban J connectivity index is 1.90. The van der Waals surface area contributed by atoms with Crippen LogP contribution in [0.3, 0.4) is 0 Å². The van der Waals surface area contributed by atoms with Gasteiger partial charge in [0.1, 0.15) is 0 Å². The summed E-state index contributed by atoms with van der Waals surface area (Å²) in [7, 11) is 0. The van der Waals surface area contributed by atoms with Crippen LogP contribution in [0.5, 0.6) is 0 Å². The highest BCUT2D eigenvalue weighted by Gasteiger charge is 2.35. The quantitative estimate of drug-likeness (QED) is 0.750. The molecule has 1 heterocycles. The van der Waals surface area contributed by atoms with Gasteiger partial charge >= 0.3 is 0 Å². The van der Waals surface area contributed by atoms with E-state index in [4.69, 9.17) is 0 Å². The maximum atomic E-state index is 12.2. The maximum absolute atomic E-state index is 12.2. The van der Waals surface area contributed by atoms with Crippen LogP contribution in [-0.2, 0) is 4.79 Å². The molecule has 2 rings (SSSR count). The lowest BCUT2D eigenvalue weighted by Crippen LogP contribution is -2.54. The molecule has 98 valence electrons. The van der Waals surface area contributed by atoms with E-state index in [0.717, 1.165) is 19.4 Å². The fourth-order valence-corrected chi connectivity index (χ4v) is 2.31. The van der Waals surface area contributed by atoms with Gasteiger partial charge in [-0.15, -0.1) is 0 Å². The molecule has 2 atom stereocenters. The number of carbonyl (C=O) groups excluding carboxylic acids is 1. The van der Waals surface area contributed by atoms with Crippen molar-refractivity contribution in [2.24, 2.45) is 0 Å². The molecule has 0 radical (unpaired) electrons. The molecule has 2 aliphatic rings. The molecular formula is C13H24N2O2. The summed E-state index contributed by atoms with van der Waals surface area (Å²) in [5.74, 6) is 0.178. The highest BCUT2D eigenvalue weighted by Crippen LogP contribution is 2.23. The van der Waals surface area contributed by atoms with Crippen molar-refractivity contribution in [1.29, 1.82) is 0 Å². The number of nitrogens with one attached hydrogen (secondary N) is 1. The zero-order chi connectivity index (χ0) is 12.5. The first kappa shape index (κ1) is 12.8. The number of aliphatic hydroxyl groups is 1. The lowest BCUT2D eigenvalue weighted by atomic mass is 9.99. The zero-order valence-corrected chi connectivity index (χ0v) is 10.9. The first-order chi connectivity index (χ1) is 8.02. The smallest absolute Gasteiger partial charge is 0.239 e. The van der Waals surface area contributed by atoms with Gasteiger partial charge in [-0.2, -0.15) is 0 Å². The van der Waals surface area contributed by atoms with Crippen molar-refractivity contribution in [3.8, 4) is 0 Å². The van der Waals surface area contributed by atoms with Gasteiger partial charge in [0.15, 0.2) is 0 Å².